The van der Waals surface area contributed by atoms with Crippen molar-refractivity contribution in [2.75, 3.05) is 19.6 Å². The molecule has 1 N–H and O–H groups in total. The molecule has 0 bridgehead atoms. The highest BCUT2D eigenvalue weighted by atomic mass is 31.0. The van der Waals surface area contributed by atoms with Crippen LogP contribution >= 0.6 is 9.39 Å². The van der Waals surface area contributed by atoms with Crippen LogP contribution in [-0.4, -0.2) is 41.1 Å². The lowest BCUT2D eigenvalue weighted by atomic mass is 10.2. The maximum atomic E-state index is 7.84. The van der Waals surface area contributed by atoms with Crippen LogP contribution in [0.25, 0.3) is 0 Å². The number of nitrogens with one attached hydrogen (secondary N) is 1. The molecule has 0 aromatic heterocycles. The average molecular weight is 185 g/mol. The molecule has 2 saturated heterocycles. The van der Waals surface area contributed by atoms with E-state index in [4.69, 9.17) is 5.41 Å². The Balaban J connectivity index is 1.99. The van der Waals surface area contributed by atoms with Crippen molar-refractivity contribution in [3.8, 4) is 0 Å². The highest BCUT2D eigenvalue weighted by Gasteiger charge is 2.32. The van der Waals surface area contributed by atoms with Crippen LogP contribution in [0.2, 0.25) is 0 Å². The molecule has 2 aliphatic rings. The Bertz CT molecular complexity index is 189. The smallest absolute Gasteiger partial charge is 0.116 e. The second kappa shape index (κ2) is 3.31. The fraction of sp³-hybridized carbons (Fsp3) is 0.875. The number of hydrogen-bond donors (Lipinski definition) is 1. The Labute approximate surface area is 75.9 Å². The summed E-state index contributed by atoms with van der Waals surface area (Å²) in [5.41, 5.74) is 0. The second-order valence-corrected chi connectivity index (χ2v) is 4.25. The average Bonchev–Trinajstić information content (AvgIpc) is 2.64. The zero-order chi connectivity index (χ0) is 8.55. The molecule has 0 spiro atoms. The van der Waals surface area contributed by atoms with E-state index in [2.05, 4.69) is 14.3 Å². The van der Waals surface area contributed by atoms with Crippen LogP contribution < -0.4 is 0 Å². The third-order valence-electron chi connectivity index (χ3n) is 2.85. The summed E-state index contributed by atoms with van der Waals surface area (Å²) in [7, 11) is 2.62. The summed E-state index contributed by atoms with van der Waals surface area (Å²) in [6.07, 6.45) is 3.78. The summed E-state index contributed by atoms with van der Waals surface area (Å²) in [5, 5.41) is 7.84. The van der Waals surface area contributed by atoms with Crippen LogP contribution in [0.1, 0.15) is 19.3 Å². The van der Waals surface area contributed by atoms with E-state index in [1.165, 1.54) is 25.9 Å². The van der Waals surface area contributed by atoms with Gasteiger partial charge in [-0.15, -0.1) is 0 Å². The van der Waals surface area contributed by atoms with Gasteiger partial charge < -0.3 is 4.67 Å². The molecule has 68 valence electrons. The van der Waals surface area contributed by atoms with Crippen molar-refractivity contribution < 1.29 is 0 Å². The summed E-state index contributed by atoms with van der Waals surface area (Å²) < 4.78 is 1.99. The van der Waals surface area contributed by atoms with Gasteiger partial charge in [0.05, 0.1) is 6.04 Å². The minimum Gasteiger partial charge on any atom is -0.344 e. The van der Waals surface area contributed by atoms with Crippen LogP contribution in [0.15, 0.2) is 0 Å². The van der Waals surface area contributed by atoms with Gasteiger partial charge in [-0.3, -0.25) is 10.3 Å². The van der Waals surface area contributed by atoms with Crippen molar-refractivity contribution >= 4 is 15.2 Å². The fourth-order valence-electron chi connectivity index (χ4n) is 2.12. The second-order valence-electron chi connectivity index (χ2n) is 3.63. The molecule has 2 fully saturated rings. The maximum absolute atomic E-state index is 7.84. The third-order valence-corrected chi connectivity index (χ3v) is 3.39. The molecule has 2 rings (SSSR count). The van der Waals surface area contributed by atoms with Gasteiger partial charge >= 0.3 is 0 Å². The lowest BCUT2D eigenvalue weighted by Crippen LogP contribution is -2.37. The Morgan fingerprint density at radius 1 is 1.25 bits per heavy atom. The zero-order valence-electron chi connectivity index (χ0n) is 7.29. The third kappa shape index (κ3) is 1.36. The Hall–Kier alpha value is -0.140. The van der Waals surface area contributed by atoms with Gasteiger partial charge in [-0.1, -0.05) is 0 Å². The normalized spacial score (nSPS) is 31.9. The molecular weight excluding hydrogens is 169 g/mol. The first-order chi connectivity index (χ1) is 5.79. The van der Waals surface area contributed by atoms with Gasteiger partial charge in [0.1, 0.15) is 5.84 Å². The van der Waals surface area contributed by atoms with Crippen molar-refractivity contribution in [1.29, 1.82) is 5.41 Å². The molecule has 0 amide bonds. The maximum Gasteiger partial charge on any atom is 0.116 e. The molecular formula is C8H16N3P. The molecule has 0 aromatic rings. The Kier molecular flexibility index (Phi) is 2.33. The quantitative estimate of drug-likeness (QED) is 0.616. The van der Waals surface area contributed by atoms with E-state index in [-0.39, 0.29) is 0 Å². The number of nitrogens with zero attached hydrogens (tertiary/aromatic N) is 2. The number of rotatable bonds is 1. The highest BCUT2D eigenvalue weighted by Crippen LogP contribution is 2.23. The van der Waals surface area contributed by atoms with Gasteiger partial charge in [-0.25, -0.2) is 0 Å². The standard InChI is InChI=1S/C8H16N3P/c9-8-7(3-6-11(8)12)10-4-1-2-5-10/h7,9H,1-6,12H2. The Morgan fingerprint density at radius 3 is 2.42 bits per heavy atom. The van der Waals surface area contributed by atoms with Crippen molar-refractivity contribution in [1.82, 2.24) is 9.57 Å². The largest absolute Gasteiger partial charge is 0.344 e. The van der Waals surface area contributed by atoms with Crippen LogP contribution in [0.5, 0.6) is 0 Å². The van der Waals surface area contributed by atoms with E-state index < -0.39 is 0 Å². The summed E-state index contributed by atoms with van der Waals surface area (Å²) >= 11 is 0. The monoisotopic (exact) mass is 185 g/mol. The minimum atomic E-state index is 0.421. The highest BCUT2D eigenvalue weighted by molar-refractivity contribution is 7.14. The molecule has 3 nitrogen and oxygen atoms in total. The van der Waals surface area contributed by atoms with E-state index in [1.54, 1.807) is 0 Å². The first-order valence-electron chi connectivity index (χ1n) is 4.64. The molecule has 2 heterocycles. The summed E-state index contributed by atoms with van der Waals surface area (Å²) in [6.45, 7) is 3.43. The molecule has 0 radical (unpaired) electrons. The van der Waals surface area contributed by atoms with E-state index in [0.29, 0.717) is 6.04 Å². The summed E-state index contributed by atoms with van der Waals surface area (Å²) in [6, 6.07) is 0.421. The topological polar surface area (TPSA) is 30.3 Å². The molecule has 0 aliphatic carbocycles. The fourth-order valence-corrected chi connectivity index (χ4v) is 2.44. The number of likely N-dealkylation sites (tertiary alicyclic amines) is 1. The van der Waals surface area contributed by atoms with Gasteiger partial charge in [0.25, 0.3) is 0 Å². The van der Waals surface area contributed by atoms with Gasteiger partial charge in [0.2, 0.25) is 0 Å². The van der Waals surface area contributed by atoms with E-state index in [0.717, 1.165) is 18.8 Å². The van der Waals surface area contributed by atoms with E-state index >= 15 is 0 Å². The molecule has 2 aliphatic heterocycles. The molecule has 0 aromatic carbocycles. The van der Waals surface area contributed by atoms with Crippen LogP contribution in [0.4, 0.5) is 0 Å². The molecule has 12 heavy (non-hydrogen) atoms. The first-order valence-corrected chi connectivity index (χ1v) is 5.15. The van der Waals surface area contributed by atoms with E-state index in [1.807, 2.05) is 4.67 Å². The van der Waals surface area contributed by atoms with E-state index in [9.17, 15) is 0 Å². The number of amidine groups is 1. The Morgan fingerprint density at radius 2 is 1.92 bits per heavy atom. The minimum absolute atomic E-state index is 0.421. The molecule has 0 saturated carbocycles. The van der Waals surface area contributed by atoms with Crippen LogP contribution in [0.3, 0.4) is 0 Å². The SMILES string of the molecule is N=C1C(N2CCCC2)CCN1P. The summed E-state index contributed by atoms with van der Waals surface area (Å²) in [5.74, 6) is 0.793. The van der Waals surface area contributed by atoms with Crippen LogP contribution in [-0.2, 0) is 0 Å². The van der Waals surface area contributed by atoms with Crippen molar-refractivity contribution in [2.24, 2.45) is 0 Å². The molecule has 4 heteroatoms. The predicted octanol–water partition coefficient (Wildman–Crippen LogP) is 0.924. The van der Waals surface area contributed by atoms with Gasteiger partial charge in [-0.2, -0.15) is 0 Å². The molecule has 2 atom stereocenters. The van der Waals surface area contributed by atoms with Crippen LogP contribution in [0, 0.1) is 5.41 Å². The zero-order valence-corrected chi connectivity index (χ0v) is 8.45. The number of hydrogen-bond acceptors (Lipinski definition) is 2. The predicted molar refractivity (Wildman–Crippen MR) is 53.4 cm³/mol. The molecule has 2 unspecified atom stereocenters. The van der Waals surface area contributed by atoms with Crippen molar-refractivity contribution in [2.45, 2.75) is 25.3 Å². The van der Waals surface area contributed by atoms with Gasteiger partial charge in [0, 0.05) is 6.54 Å². The van der Waals surface area contributed by atoms with Crippen molar-refractivity contribution in [3.63, 3.8) is 0 Å². The van der Waals surface area contributed by atoms with Gasteiger partial charge in [-0.05, 0) is 41.7 Å². The summed E-state index contributed by atoms with van der Waals surface area (Å²) in [4.78, 5) is 2.45. The van der Waals surface area contributed by atoms with Gasteiger partial charge in [0.15, 0.2) is 0 Å². The first kappa shape index (κ1) is 8.46. The lowest BCUT2D eigenvalue weighted by Gasteiger charge is -2.23. The van der Waals surface area contributed by atoms with Crippen molar-refractivity contribution in [3.05, 3.63) is 0 Å². The lowest BCUT2D eigenvalue weighted by molar-refractivity contribution is 0.299.